The number of ketones is 1. The van der Waals surface area contributed by atoms with Crippen molar-refractivity contribution < 1.29 is 9.18 Å². The minimum absolute atomic E-state index is 0.0707. The second-order valence-electron chi connectivity index (χ2n) is 7.93. The zero-order chi connectivity index (χ0) is 20.1. The third-order valence-electron chi connectivity index (χ3n) is 5.21. The predicted octanol–water partition coefficient (Wildman–Crippen LogP) is 4.08. The Morgan fingerprint density at radius 3 is 2.61 bits per heavy atom. The Hall–Kier alpha value is -2.41. The summed E-state index contributed by atoms with van der Waals surface area (Å²) in [6, 6.07) is 6.02. The van der Waals surface area contributed by atoms with Crippen molar-refractivity contribution in [3.8, 4) is 0 Å². The number of anilines is 1. The lowest BCUT2D eigenvalue weighted by Gasteiger charge is -2.40. The number of aromatic nitrogens is 2. The van der Waals surface area contributed by atoms with Gasteiger partial charge >= 0.3 is 0 Å². The van der Waals surface area contributed by atoms with E-state index in [0.29, 0.717) is 23.0 Å². The molecule has 0 fully saturated rings. The third kappa shape index (κ3) is 3.28. The van der Waals surface area contributed by atoms with Crippen LogP contribution in [-0.4, -0.2) is 21.5 Å². The van der Waals surface area contributed by atoms with E-state index in [9.17, 15) is 14.0 Å². The fourth-order valence-corrected chi connectivity index (χ4v) is 4.75. The second-order valence-corrected chi connectivity index (χ2v) is 9.18. The number of hydrogen-bond donors (Lipinski definition) is 2. The van der Waals surface area contributed by atoms with Crippen molar-refractivity contribution in [3.05, 3.63) is 63.3 Å². The summed E-state index contributed by atoms with van der Waals surface area (Å²) in [5.41, 5.74) is 1.40. The molecular weight excluding hydrogens is 377 g/mol. The van der Waals surface area contributed by atoms with Crippen LogP contribution in [0, 0.1) is 17.2 Å². The SMILES string of the molecule is CCSc1nc2c(c(=O)[nH]1)[C@@H](c1ccc(F)cc1)[C@@H]1C(=O)CC(C)(C)C=C1N2. The van der Waals surface area contributed by atoms with Crippen molar-refractivity contribution in [2.75, 3.05) is 11.1 Å². The van der Waals surface area contributed by atoms with Crippen LogP contribution in [0.5, 0.6) is 0 Å². The van der Waals surface area contributed by atoms with Crippen LogP contribution in [0.2, 0.25) is 0 Å². The van der Waals surface area contributed by atoms with Crippen molar-refractivity contribution in [1.29, 1.82) is 0 Å². The number of hydrogen-bond acceptors (Lipinski definition) is 5. The Balaban J connectivity index is 1.95. The standard InChI is InChI=1S/C21H22FN3O2S/c1-4-28-20-24-18-17(19(27)25-20)15(11-5-7-12(22)8-6-11)16-13(23-18)9-21(2,3)10-14(16)26/h5-9,15-16H,4,10H2,1-3H3,(H2,23,24,25,27)/t15-,16-/m0/s1. The van der Waals surface area contributed by atoms with Crippen LogP contribution in [0.4, 0.5) is 10.2 Å². The van der Waals surface area contributed by atoms with Gasteiger partial charge in [-0.3, -0.25) is 9.59 Å². The van der Waals surface area contributed by atoms with E-state index < -0.39 is 11.8 Å². The molecule has 2 N–H and O–H groups in total. The molecule has 0 radical (unpaired) electrons. The molecule has 1 aromatic carbocycles. The third-order valence-corrected chi connectivity index (χ3v) is 5.96. The van der Waals surface area contributed by atoms with Crippen molar-refractivity contribution in [2.45, 2.75) is 38.3 Å². The number of Topliss-reactive ketones (excluding diaryl/α,β-unsaturated/α-hetero) is 1. The Morgan fingerprint density at radius 1 is 1.21 bits per heavy atom. The van der Waals surface area contributed by atoms with Crippen LogP contribution in [0.25, 0.3) is 0 Å². The van der Waals surface area contributed by atoms with E-state index in [4.69, 9.17) is 0 Å². The van der Waals surface area contributed by atoms with E-state index in [1.54, 1.807) is 12.1 Å². The van der Waals surface area contributed by atoms with Gasteiger partial charge in [-0.15, -0.1) is 0 Å². The monoisotopic (exact) mass is 399 g/mol. The number of benzene rings is 1. The maximum atomic E-state index is 13.5. The molecule has 4 rings (SSSR count). The number of rotatable bonds is 3. The number of H-pyrrole nitrogens is 1. The van der Waals surface area contributed by atoms with Crippen molar-refractivity contribution in [1.82, 2.24) is 9.97 Å². The van der Waals surface area contributed by atoms with E-state index >= 15 is 0 Å². The zero-order valence-corrected chi connectivity index (χ0v) is 16.8. The largest absolute Gasteiger partial charge is 0.343 e. The normalized spacial score (nSPS) is 22.7. The maximum absolute atomic E-state index is 13.5. The van der Waals surface area contributed by atoms with E-state index in [2.05, 4.69) is 21.4 Å². The summed E-state index contributed by atoms with van der Waals surface area (Å²) in [5.74, 6) is -0.0305. The Kier molecular flexibility index (Phi) is 4.65. The van der Waals surface area contributed by atoms with Gasteiger partial charge in [0.15, 0.2) is 5.16 Å². The highest BCUT2D eigenvalue weighted by atomic mass is 32.2. The van der Waals surface area contributed by atoms with Crippen LogP contribution >= 0.6 is 11.8 Å². The first-order valence-electron chi connectivity index (χ1n) is 9.34. The first kappa shape index (κ1) is 18.9. The number of nitrogens with one attached hydrogen (secondary N) is 2. The molecule has 0 bridgehead atoms. The smallest absolute Gasteiger partial charge is 0.257 e. The molecule has 2 heterocycles. The van der Waals surface area contributed by atoms with E-state index in [-0.39, 0.29) is 22.6 Å². The quantitative estimate of drug-likeness (QED) is 0.601. The first-order chi connectivity index (χ1) is 13.3. The van der Waals surface area contributed by atoms with Gasteiger partial charge in [0.1, 0.15) is 17.4 Å². The molecule has 1 aliphatic carbocycles. The summed E-state index contributed by atoms with van der Waals surface area (Å²) in [6.45, 7) is 6.02. The van der Waals surface area contributed by atoms with E-state index in [1.807, 2.05) is 20.8 Å². The first-order valence-corrected chi connectivity index (χ1v) is 10.3. The van der Waals surface area contributed by atoms with Gasteiger partial charge < -0.3 is 10.3 Å². The molecule has 2 atom stereocenters. The molecule has 1 aliphatic heterocycles. The molecule has 0 saturated carbocycles. The summed E-state index contributed by atoms with van der Waals surface area (Å²) in [7, 11) is 0. The number of halogens is 1. The Labute approximate surface area is 166 Å². The molecule has 2 aromatic rings. The molecule has 28 heavy (non-hydrogen) atoms. The average Bonchev–Trinajstić information content (AvgIpc) is 2.60. The Bertz CT molecular complexity index is 1030. The highest BCUT2D eigenvalue weighted by Gasteiger charge is 2.45. The van der Waals surface area contributed by atoms with Crippen LogP contribution in [-0.2, 0) is 4.79 Å². The van der Waals surface area contributed by atoms with E-state index in [0.717, 1.165) is 17.0 Å². The lowest BCUT2D eigenvalue weighted by Crippen LogP contribution is -2.41. The van der Waals surface area contributed by atoms with Crippen molar-refractivity contribution >= 4 is 23.4 Å². The number of carbonyl (C=O) groups excluding carboxylic acids is 1. The summed E-state index contributed by atoms with van der Waals surface area (Å²) in [6.07, 6.45) is 2.46. The molecule has 7 heteroatoms. The van der Waals surface area contributed by atoms with E-state index in [1.165, 1.54) is 23.9 Å². The van der Waals surface area contributed by atoms with Crippen molar-refractivity contribution in [3.63, 3.8) is 0 Å². The van der Waals surface area contributed by atoms with Crippen LogP contribution in [0.3, 0.4) is 0 Å². The lowest BCUT2D eigenvalue weighted by molar-refractivity contribution is -0.124. The molecule has 2 aliphatic rings. The van der Waals surface area contributed by atoms with Gasteiger partial charge in [0.25, 0.3) is 5.56 Å². The minimum atomic E-state index is -0.501. The van der Waals surface area contributed by atoms with Gasteiger partial charge in [0.05, 0.1) is 11.5 Å². The number of aromatic amines is 1. The maximum Gasteiger partial charge on any atom is 0.257 e. The lowest BCUT2D eigenvalue weighted by atomic mass is 9.67. The molecule has 0 saturated heterocycles. The summed E-state index contributed by atoms with van der Waals surface area (Å²) in [4.78, 5) is 33.5. The minimum Gasteiger partial charge on any atom is -0.343 e. The molecule has 146 valence electrons. The number of carbonyl (C=O) groups is 1. The van der Waals surface area contributed by atoms with Gasteiger partial charge in [-0.1, -0.05) is 50.7 Å². The summed E-state index contributed by atoms with van der Waals surface area (Å²) >= 11 is 1.45. The second kappa shape index (κ2) is 6.88. The fraction of sp³-hybridized carbons (Fsp3) is 0.381. The molecular formula is C21H22FN3O2S. The molecule has 5 nitrogen and oxygen atoms in total. The Morgan fingerprint density at radius 2 is 1.93 bits per heavy atom. The van der Waals surface area contributed by atoms with Gasteiger partial charge in [-0.25, -0.2) is 9.37 Å². The average molecular weight is 399 g/mol. The number of fused-ring (bicyclic) bond motifs is 2. The highest BCUT2D eigenvalue weighted by molar-refractivity contribution is 7.99. The molecule has 0 unspecified atom stereocenters. The predicted molar refractivity (Wildman–Crippen MR) is 108 cm³/mol. The van der Waals surface area contributed by atoms with Crippen LogP contribution in [0.15, 0.2) is 46.0 Å². The fourth-order valence-electron chi connectivity index (χ4n) is 4.16. The van der Waals surface area contributed by atoms with Crippen LogP contribution in [0.1, 0.15) is 44.2 Å². The topological polar surface area (TPSA) is 74.8 Å². The van der Waals surface area contributed by atoms with Crippen LogP contribution < -0.4 is 10.9 Å². The van der Waals surface area contributed by atoms with Gasteiger partial charge in [-0.05, 0) is 28.9 Å². The van der Waals surface area contributed by atoms with Gasteiger partial charge in [-0.2, -0.15) is 0 Å². The molecule has 0 amide bonds. The molecule has 0 spiro atoms. The molecule has 1 aromatic heterocycles. The van der Waals surface area contributed by atoms with Gasteiger partial charge in [0, 0.05) is 18.0 Å². The summed E-state index contributed by atoms with van der Waals surface area (Å²) < 4.78 is 13.5. The van der Waals surface area contributed by atoms with Gasteiger partial charge in [0.2, 0.25) is 0 Å². The number of thioether (sulfide) groups is 1. The zero-order valence-electron chi connectivity index (χ0n) is 16.0. The number of nitrogens with zero attached hydrogens (tertiary/aromatic N) is 1. The number of allylic oxidation sites excluding steroid dienone is 2. The highest BCUT2D eigenvalue weighted by Crippen LogP contribution is 2.47. The van der Waals surface area contributed by atoms with Crippen molar-refractivity contribution in [2.24, 2.45) is 11.3 Å². The summed E-state index contributed by atoms with van der Waals surface area (Å²) in [5, 5.41) is 3.80.